The first-order valence-corrected chi connectivity index (χ1v) is 8.71. The maximum atomic E-state index is 5.95. The fourth-order valence-corrected chi connectivity index (χ4v) is 4.13. The minimum atomic E-state index is -0.255. The summed E-state index contributed by atoms with van der Waals surface area (Å²) in [6.07, 6.45) is 9.67. The summed E-state index contributed by atoms with van der Waals surface area (Å²) in [5, 5.41) is 0. The van der Waals surface area contributed by atoms with Crippen LogP contribution in [0.25, 0.3) is 0 Å². The maximum Gasteiger partial charge on any atom is 0.140 e. The molecular formula is C17H26N2OS. The first kappa shape index (κ1) is 15.2. The van der Waals surface area contributed by atoms with Crippen LogP contribution in [0.1, 0.15) is 75.7 Å². The molecule has 2 fully saturated rings. The first-order chi connectivity index (χ1) is 10.1. The van der Waals surface area contributed by atoms with Crippen molar-refractivity contribution >= 4 is 12.2 Å². The van der Waals surface area contributed by atoms with Gasteiger partial charge in [-0.1, -0.05) is 32.0 Å². The van der Waals surface area contributed by atoms with E-state index in [-0.39, 0.29) is 5.60 Å². The van der Waals surface area contributed by atoms with Gasteiger partial charge in [0, 0.05) is 12.8 Å². The molecule has 3 rings (SSSR count). The largest absolute Gasteiger partial charge is 0.370 e. The topological polar surface area (TPSA) is 37.9 Å². The van der Waals surface area contributed by atoms with Gasteiger partial charge in [-0.15, -0.1) is 0 Å². The van der Waals surface area contributed by atoms with Crippen LogP contribution >= 0.6 is 12.2 Å². The summed E-state index contributed by atoms with van der Waals surface area (Å²) in [5.41, 5.74) is 1.02. The van der Waals surface area contributed by atoms with Gasteiger partial charge < -0.3 is 9.72 Å². The Kier molecular flexibility index (Phi) is 4.46. The number of methoxy groups -OCH3 is 1. The van der Waals surface area contributed by atoms with Crippen LogP contribution < -0.4 is 0 Å². The highest BCUT2D eigenvalue weighted by Gasteiger charge is 2.38. The predicted molar refractivity (Wildman–Crippen MR) is 86.9 cm³/mol. The summed E-state index contributed by atoms with van der Waals surface area (Å²) in [6, 6.07) is 2.06. The Bertz CT molecular complexity index is 540. The van der Waals surface area contributed by atoms with E-state index in [9.17, 15) is 0 Å². The van der Waals surface area contributed by atoms with Gasteiger partial charge in [-0.2, -0.15) is 0 Å². The molecule has 3 nitrogen and oxygen atoms in total. The smallest absolute Gasteiger partial charge is 0.140 e. The van der Waals surface area contributed by atoms with Gasteiger partial charge in [-0.05, 0) is 56.4 Å². The molecule has 0 saturated heterocycles. The third kappa shape index (κ3) is 3.07. The van der Waals surface area contributed by atoms with Gasteiger partial charge in [0.15, 0.2) is 0 Å². The molecule has 0 aromatic carbocycles. The average Bonchev–Trinajstić information content (AvgIpc) is 3.02. The van der Waals surface area contributed by atoms with Crippen LogP contribution in [0.4, 0.5) is 0 Å². The van der Waals surface area contributed by atoms with Gasteiger partial charge in [0.05, 0.1) is 0 Å². The predicted octanol–water partition coefficient (Wildman–Crippen LogP) is 4.85. The molecule has 0 atom stereocenters. The van der Waals surface area contributed by atoms with E-state index in [1.165, 1.54) is 44.2 Å². The summed E-state index contributed by atoms with van der Waals surface area (Å²) >= 11 is 5.43. The standard InChI is InChI=1S/C17H26N2OS/c1-12-7-9-17(20-2,10-8-12)16-18-14(11-15(21)19-16)13-5-3-4-6-13/h11-13H,3-10H2,1-2H3,(H,18,19,21). The van der Waals surface area contributed by atoms with Crippen molar-refractivity contribution in [3.05, 3.63) is 22.2 Å². The summed E-state index contributed by atoms with van der Waals surface area (Å²) in [4.78, 5) is 8.23. The molecule has 1 N–H and O–H groups in total. The molecule has 2 saturated carbocycles. The van der Waals surface area contributed by atoms with Gasteiger partial charge in [0.2, 0.25) is 0 Å². The van der Waals surface area contributed by atoms with Crippen LogP contribution in [-0.4, -0.2) is 17.1 Å². The number of ether oxygens (including phenoxy) is 1. The third-order valence-electron chi connectivity index (χ3n) is 5.46. The molecule has 1 aromatic heterocycles. The molecule has 0 spiro atoms. The number of nitrogens with zero attached hydrogens (tertiary/aromatic N) is 1. The van der Waals surface area contributed by atoms with Crippen molar-refractivity contribution in [2.24, 2.45) is 5.92 Å². The van der Waals surface area contributed by atoms with Crippen LogP contribution in [-0.2, 0) is 10.3 Å². The lowest BCUT2D eigenvalue weighted by Crippen LogP contribution is -2.35. The Labute approximate surface area is 132 Å². The summed E-state index contributed by atoms with van der Waals surface area (Å²) < 4.78 is 6.65. The zero-order chi connectivity index (χ0) is 14.9. The normalized spacial score (nSPS) is 30.7. The average molecular weight is 306 g/mol. The molecule has 1 heterocycles. The minimum Gasteiger partial charge on any atom is -0.370 e. The van der Waals surface area contributed by atoms with Crippen LogP contribution in [0.2, 0.25) is 0 Å². The van der Waals surface area contributed by atoms with Crippen molar-refractivity contribution in [1.82, 2.24) is 9.97 Å². The molecule has 0 unspecified atom stereocenters. The fraction of sp³-hybridized carbons (Fsp3) is 0.765. The van der Waals surface area contributed by atoms with E-state index >= 15 is 0 Å². The molecular weight excluding hydrogens is 280 g/mol. The minimum absolute atomic E-state index is 0.255. The van der Waals surface area contributed by atoms with Crippen molar-refractivity contribution in [3.63, 3.8) is 0 Å². The monoisotopic (exact) mass is 306 g/mol. The Morgan fingerprint density at radius 2 is 1.90 bits per heavy atom. The molecule has 1 aromatic rings. The zero-order valence-electron chi connectivity index (χ0n) is 13.2. The summed E-state index contributed by atoms with van der Waals surface area (Å²) in [5.74, 6) is 2.38. The second-order valence-corrected chi connectivity index (χ2v) is 7.30. The molecule has 0 aliphatic heterocycles. The van der Waals surface area contributed by atoms with Crippen molar-refractivity contribution in [1.29, 1.82) is 0 Å². The lowest BCUT2D eigenvalue weighted by Gasteiger charge is -2.37. The highest BCUT2D eigenvalue weighted by Crippen LogP contribution is 2.41. The molecule has 2 aliphatic rings. The lowest BCUT2D eigenvalue weighted by atomic mass is 9.79. The molecule has 21 heavy (non-hydrogen) atoms. The van der Waals surface area contributed by atoms with Crippen molar-refractivity contribution in [2.75, 3.05) is 7.11 Å². The summed E-state index contributed by atoms with van der Waals surface area (Å²) in [7, 11) is 1.82. The van der Waals surface area contributed by atoms with E-state index in [0.717, 1.165) is 24.6 Å². The number of H-pyrrole nitrogens is 1. The van der Waals surface area contributed by atoms with E-state index in [1.54, 1.807) is 0 Å². The Balaban J connectivity index is 1.94. The van der Waals surface area contributed by atoms with Crippen LogP contribution in [0, 0.1) is 10.6 Å². The van der Waals surface area contributed by atoms with E-state index in [1.807, 2.05) is 7.11 Å². The highest BCUT2D eigenvalue weighted by atomic mass is 32.1. The molecule has 116 valence electrons. The van der Waals surface area contributed by atoms with Gasteiger partial charge in [-0.25, -0.2) is 4.98 Å². The van der Waals surface area contributed by atoms with Crippen molar-refractivity contribution in [3.8, 4) is 0 Å². The van der Waals surface area contributed by atoms with Gasteiger partial charge in [0.25, 0.3) is 0 Å². The molecule has 0 amide bonds. The molecule has 4 heteroatoms. The van der Waals surface area contributed by atoms with Crippen LogP contribution in [0.3, 0.4) is 0 Å². The number of hydrogen-bond acceptors (Lipinski definition) is 3. The number of hydrogen-bond donors (Lipinski definition) is 1. The Hall–Kier alpha value is -0.740. The van der Waals surface area contributed by atoms with E-state index in [0.29, 0.717) is 10.6 Å². The third-order valence-corrected chi connectivity index (χ3v) is 5.67. The van der Waals surface area contributed by atoms with Crippen LogP contribution in [0.15, 0.2) is 6.07 Å². The fourth-order valence-electron chi connectivity index (χ4n) is 3.91. The summed E-state index contributed by atoms with van der Waals surface area (Å²) in [6.45, 7) is 2.32. The van der Waals surface area contributed by atoms with E-state index in [4.69, 9.17) is 17.0 Å². The van der Waals surface area contributed by atoms with E-state index < -0.39 is 0 Å². The van der Waals surface area contributed by atoms with E-state index in [2.05, 4.69) is 23.0 Å². The number of rotatable bonds is 3. The van der Waals surface area contributed by atoms with Gasteiger partial charge >= 0.3 is 0 Å². The lowest BCUT2D eigenvalue weighted by molar-refractivity contribution is -0.0600. The Morgan fingerprint density at radius 3 is 2.52 bits per heavy atom. The Morgan fingerprint density at radius 1 is 1.24 bits per heavy atom. The second kappa shape index (κ2) is 6.17. The number of aromatic nitrogens is 2. The molecule has 2 aliphatic carbocycles. The first-order valence-electron chi connectivity index (χ1n) is 8.30. The number of nitrogens with one attached hydrogen (secondary N) is 1. The second-order valence-electron chi connectivity index (χ2n) is 6.89. The zero-order valence-corrected chi connectivity index (χ0v) is 14.0. The van der Waals surface area contributed by atoms with Crippen molar-refractivity contribution < 1.29 is 4.74 Å². The van der Waals surface area contributed by atoms with Crippen LogP contribution in [0.5, 0.6) is 0 Å². The number of aromatic amines is 1. The molecule has 0 radical (unpaired) electrons. The van der Waals surface area contributed by atoms with Crippen molar-refractivity contribution in [2.45, 2.75) is 69.8 Å². The van der Waals surface area contributed by atoms with Gasteiger partial charge in [-0.3, -0.25) is 0 Å². The van der Waals surface area contributed by atoms with Gasteiger partial charge in [0.1, 0.15) is 16.1 Å². The highest BCUT2D eigenvalue weighted by molar-refractivity contribution is 7.71. The SMILES string of the molecule is COC1(c2nc(=S)cc(C3CCCC3)[nH]2)CCC(C)CC1. The maximum absolute atomic E-state index is 5.95. The molecule has 0 bridgehead atoms. The quantitative estimate of drug-likeness (QED) is 0.811.